The van der Waals surface area contributed by atoms with Crippen LogP contribution >= 0.6 is 24.0 Å². The molecule has 1 saturated heterocycles. The zero-order valence-corrected chi connectivity index (χ0v) is 16.7. The van der Waals surface area contributed by atoms with Crippen LogP contribution in [0.15, 0.2) is 41.3 Å². The molecule has 2 aliphatic rings. The van der Waals surface area contributed by atoms with Crippen LogP contribution in [0.25, 0.3) is 6.08 Å². The SMILES string of the molecule is Cc1cc(/C=C2\SC(=S)N(CCc3ccccc3)C2=O)c(C)n1C1CC1. The van der Waals surface area contributed by atoms with Crippen molar-refractivity contribution in [3.63, 3.8) is 0 Å². The van der Waals surface area contributed by atoms with Gasteiger partial charge in [0.05, 0.1) is 4.91 Å². The van der Waals surface area contributed by atoms with Gasteiger partial charge < -0.3 is 4.57 Å². The van der Waals surface area contributed by atoms with Gasteiger partial charge in [-0.2, -0.15) is 0 Å². The lowest BCUT2D eigenvalue weighted by molar-refractivity contribution is -0.122. The summed E-state index contributed by atoms with van der Waals surface area (Å²) < 4.78 is 3.07. The third kappa shape index (κ3) is 3.38. The average Bonchev–Trinajstić information content (AvgIpc) is 3.36. The highest BCUT2D eigenvalue weighted by atomic mass is 32.2. The Hall–Kier alpha value is -1.85. The van der Waals surface area contributed by atoms with Crippen LogP contribution in [0.2, 0.25) is 0 Å². The fourth-order valence-electron chi connectivity index (χ4n) is 3.56. The number of nitrogens with zero attached hydrogens (tertiary/aromatic N) is 2. The number of hydrogen-bond acceptors (Lipinski definition) is 3. The Labute approximate surface area is 164 Å². The zero-order chi connectivity index (χ0) is 18.3. The quantitative estimate of drug-likeness (QED) is 0.544. The molecule has 2 heterocycles. The van der Waals surface area contributed by atoms with E-state index in [9.17, 15) is 4.79 Å². The third-order valence-electron chi connectivity index (χ3n) is 5.06. The molecule has 0 spiro atoms. The lowest BCUT2D eigenvalue weighted by Gasteiger charge is -2.14. The summed E-state index contributed by atoms with van der Waals surface area (Å²) in [6.45, 7) is 4.92. The van der Waals surface area contributed by atoms with Crippen LogP contribution in [0.3, 0.4) is 0 Å². The van der Waals surface area contributed by atoms with Crippen molar-refractivity contribution in [2.75, 3.05) is 6.54 Å². The third-order valence-corrected chi connectivity index (χ3v) is 6.44. The standard InChI is InChI=1S/C21H22N2OS2/c1-14-12-17(15(2)23(14)18-8-9-18)13-19-20(24)22(21(25)26-19)11-10-16-6-4-3-5-7-16/h3-7,12-13,18H,8-11H2,1-2H3/b19-13-. The molecule has 0 bridgehead atoms. The molecule has 3 nitrogen and oxygen atoms in total. The Bertz CT molecular complexity index is 894. The Balaban J connectivity index is 1.51. The predicted molar refractivity (Wildman–Crippen MR) is 112 cm³/mol. The Morgan fingerprint density at radius 2 is 1.96 bits per heavy atom. The maximum atomic E-state index is 12.8. The van der Waals surface area contributed by atoms with E-state index in [0.717, 1.165) is 16.9 Å². The first kappa shape index (κ1) is 17.6. The summed E-state index contributed by atoms with van der Waals surface area (Å²) in [6.07, 6.45) is 5.36. The van der Waals surface area contributed by atoms with E-state index >= 15 is 0 Å². The van der Waals surface area contributed by atoms with Crippen molar-refractivity contribution in [1.29, 1.82) is 0 Å². The number of thioether (sulfide) groups is 1. The van der Waals surface area contributed by atoms with Crippen LogP contribution in [0.1, 0.15) is 41.4 Å². The molecule has 0 atom stereocenters. The monoisotopic (exact) mass is 382 g/mol. The molecule has 26 heavy (non-hydrogen) atoms. The molecular weight excluding hydrogens is 360 g/mol. The lowest BCUT2D eigenvalue weighted by atomic mass is 10.1. The van der Waals surface area contributed by atoms with Crippen LogP contribution in [-0.2, 0) is 11.2 Å². The molecule has 5 heteroatoms. The van der Waals surface area contributed by atoms with Crippen molar-refractivity contribution < 1.29 is 4.79 Å². The van der Waals surface area contributed by atoms with E-state index < -0.39 is 0 Å². The second-order valence-electron chi connectivity index (χ2n) is 7.00. The molecule has 0 unspecified atom stereocenters. The van der Waals surface area contributed by atoms with Crippen LogP contribution in [0.4, 0.5) is 0 Å². The fourth-order valence-corrected chi connectivity index (χ4v) is 4.86. The van der Waals surface area contributed by atoms with Crippen molar-refractivity contribution in [2.24, 2.45) is 0 Å². The number of carbonyl (C=O) groups excluding carboxylic acids is 1. The van der Waals surface area contributed by atoms with Crippen molar-refractivity contribution in [1.82, 2.24) is 9.47 Å². The van der Waals surface area contributed by atoms with Gasteiger partial charge in [0.2, 0.25) is 0 Å². The summed E-state index contributed by atoms with van der Waals surface area (Å²) in [6, 6.07) is 13.1. The normalized spacial score (nSPS) is 19.0. The molecule has 2 fully saturated rings. The highest BCUT2D eigenvalue weighted by Gasteiger charge is 2.32. The highest BCUT2D eigenvalue weighted by Crippen LogP contribution is 2.39. The van der Waals surface area contributed by atoms with Gasteiger partial charge in [0.1, 0.15) is 4.32 Å². The second kappa shape index (κ2) is 7.05. The molecule has 0 N–H and O–H groups in total. The van der Waals surface area contributed by atoms with Gasteiger partial charge in [-0.3, -0.25) is 9.69 Å². The van der Waals surface area contributed by atoms with E-state index in [-0.39, 0.29) is 5.91 Å². The van der Waals surface area contributed by atoms with Crippen LogP contribution < -0.4 is 0 Å². The van der Waals surface area contributed by atoms with Gasteiger partial charge in [-0.15, -0.1) is 0 Å². The maximum Gasteiger partial charge on any atom is 0.266 e. The van der Waals surface area contributed by atoms with Gasteiger partial charge >= 0.3 is 0 Å². The molecule has 1 amide bonds. The van der Waals surface area contributed by atoms with Gasteiger partial charge in [0.15, 0.2) is 0 Å². The number of benzene rings is 1. The minimum atomic E-state index is 0.0344. The number of thiocarbonyl (C=S) groups is 1. The minimum Gasteiger partial charge on any atom is -0.346 e. The molecule has 134 valence electrons. The smallest absolute Gasteiger partial charge is 0.266 e. The Morgan fingerprint density at radius 3 is 2.65 bits per heavy atom. The summed E-state index contributed by atoms with van der Waals surface area (Å²) in [7, 11) is 0. The number of aromatic nitrogens is 1. The van der Waals surface area contributed by atoms with Gasteiger partial charge in [0.25, 0.3) is 5.91 Å². The summed E-state index contributed by atoms with van der Waals surface area (Å²) >= 11 is 6.88. The fraction of sp³-hybridized carbons (Fsp3) is 0.333. The molecular formula is C21H22N2OS2. The molecule has 1 aliphatic heterocycles. The molecule has 1 aliphatic carbocycles. The summed E-state index contributed by atoms with van der Waals surface area (Å²) in [5.41, 5.74) is 4.88. The van der Waals surface area contributed by atoms with E-state index in [4.69, 9.17) is 12.2 Å². The number of carbonyl (C=O) groups is 1. The molecule has 1 aromatic carbocycles. The summed E-state index contributed by atoms with van der Waals surface area (Å²) in [4.78, 5) is 15.3. The molecule has 4 rings (SSSR count). The molecule has 2 aromatic rings. The number of amides is 1. The Morgan fingerprint density at radius 1 is 1.23 bits per heavy atom. The van der Waals surface area contributed by atoms with E-state index in [0.29, 0.717) is 16.9 Å². The summed E-state index contributed by atoms with van der Waals surface area (Å²) in [5, 5.41) is 0. The largest absolute Gasteiger partial charge is 0.346 e. The van der Waals surface area contributed by atoms with E-state index in [2.05, 4.69) is 36.6 Å². The highest BCUT2D eigenvalue weighted by molar-refractivity contribution is 8.26. The van der Waals surface area contributed by atoms with Gasteiger partial charge in [0, 0.05) is 24.0 Å². The zero-order valence-electron chi connectivity index (χ0n) is 15.1. The number of aryl methyl sites for hydroxylation is 1. The first-order chi connectivity index (χ1) is 12.5. The van der Waals surface area contributed by atoms with Crippen molar-refractivity contribution in [3.8, 4) is 0 Å². The average molecular weight is 383 g/mol. The predicted octanol–water partition coefficient (Wildman–Crippen LogP) is 4.88. The number of rotatable bonds is 5. The Kier molecular flexibility index (Phi) is 4.76. The topological polar surface area (TPSA) is 25.2 Å². The van der Waals surface area contributed by atoms with Crippen LogP contribution in [0, 0.1) is 13.8 Å². The first-order valence-electron chi connectivity index (χ1n) is 9.02. The van der Waals surface area contributed by atoms with E-state index in [1.54, 1.807) is 4.90 Å². The second-order valence-corrected chi connectivity index (χ2v) is 8.67. The molecule has 1 aromatic heterocycles. The van der Waals surface area contributed by atoms with Gasteiger partial charge in [-0.25, -0.2) is 0 Å². The van der Waals surface area contributed by atoms with Crippen LogP contribution in [0.5, 0.6) is 0 Å². The molecule has 0 radical (unpaired) electrons. The van der Waals surface area contributed by atoms with E-state index in [1.165, 1.54) is 41.6 Å². The first-order valence-corrected chi connectivity index (χ1v) is 10.2. The number of hydrogen-bond donors (Lipinski definition) is 0. The minimum absolute atomic E-state index is 0.0344. The van der Waals surface area contributed by atoms with Crippen LogP contribution in [-0.4, -0.2) is 26.2 Å². The van der Waals surface area contributed by atoms with Gasteiger partial charge in [-0.1, -0.05) is 54.3 Å². The van der Waals surface area contributed by atoms with Crippen molar-refractivity contribution in [3.05, 3.63) is 63.8 Å². The van der Waals surface area contributed by atoms with E-state index in [1.807, 2.05) is 24.3 Å². The van der Waals surface area contributed by atoms with Crippen molar-refractivity contribution in [2.45, 2.75) is 39.2 Å². The maximum absolute atomic E-state index is 12.8. The summed E-state index contributed by atoms with van der Waals surface area (Å²) in [5.74, 6) is 0.0344. The van der Waals surface area contributed by atoms with Crippen molar-refractivity contribution >= 4 is 40.3 Å². The lowest BCUT2D eigenvalue weighted by Crippen LogP contribution is -2.30. The molecule has 1 saturated carbocycles. The van der Waals surface area contributed by atoms with Gasteiger partial charge in [-0.05, 0) is 56.4 Å².